The second-order valence-electron chi connectivity index (χ2n) is 4.19. The zero-order valence-corrected chi connectivity index (χ0v) is 10.5. The molecule has 0 unspecified atom stereocenters. The molecule has 1 aromatic rings. The van der Waals surface area contributed by atoms with E-state index in [1.807, 2.05) is 19.1 Å². The summed E-state index contributed by atoms with van der Waals surface area (Å²) >= 11 is 0. The summed E-state index contributed by atoms with van der Waals surface area (Å²) in [6.45, 7) is 3.90. The molecule has 0 bridgehead atoms. The van der Waals surface area contributed by atoms with Crippen LogP contribution >= 0.6 is 0 Å². The van der Waals surface area contributed by atoms with E-state index in [0.717, 1.165) is 0 Å². The molecule has 96 valence electrons. The number of benzene rings is 1. The van der Waals surface area contributed by atoms with Crippen molar-refractivity contribution < 1.29 is 14.3 Å². The molecule has 1 aliphatic heterocycles. The van der Waals surface area contributed by atoms with Crippen LogP contribution < -0.4 is 10.2 Å². The van der Waals surface area contributed by atoms with Crippen LogP contribution in [0.4, 0.5) is 16.2 Å². The number of hydrogen-bond acceptors (Lipinski definition) is 3. The van der Waals surface area contributed by atoms with E-state index in [1.54, 1.807) is 19.1 Å². The number of hydrogen-bond donors (Lipinski definition) is 1. The lowest BCUT2D eigenvalue weighted by atomic mass is 10.2. The molecular weight excluding hydrogens is 232 g/mol. The first kappa shape index (κ1) is 12.4. The number of carbonyl (C=O) groups is 2. The second-order valence-corrected chi connectivity index (χ2v) is 4.19. The van der Waals surface area contributed by atoms with Crippen LogP contribution in [-0.4, -0.2) is 24.6 Å². The van der Waals surface area contributed by atoms with Crippen molar-refractivity contribution in [2.45, 2.75) is 26.3 Å². The number of anilines is 2. The van der Waals surface area contributed by atoms with Gasteiger partial charge in [-0.25, -0.2) is 4.79 Å². The summed E-state index contributed by atoms with van der Waals surface area (Å²) in [7, 11) is 0. The van der Waals surface area contributed by atoms with Gasteiger partial charge in [-0.2, -0.15) is 0 Å². The van der Waals surface area contributed by atoms with E-state index in [1.165, 1.54) is 4.90 Å². The first-order valence-electron chi connectivity index (χ1n) is 5.98. The highest BCUT2D eigenvalue weighted by atomic mass is 16.6. The number of fused-ring (bicyclic) bond motifs is 1. The lowest BCUT2D eigenvalue weighted by molar-refractivity contribution is -0.116. The molecule has 0 radical (unpaired) electrons. The molecule has 2 rings (SSSR count). The molecule has 5 heteroatoms. The van der Waals surface area contributed by atoms with Gasteiger partial charge < -0.3 is 10.1 Å². The molecule has 1 atom stereocenters. The number of nitrogens with one attached hydrogen (secondary N) is 1. The van der Waals surface area contributed by atoms with E-state index < -0.39 is 6.09 Å². The van der Waals surface area contributed by atoms with Crippen molar-refractivity contribution in [1.29, 1.82) is 0 Å². The first-order chi connectivity index (χ1) is 8.63. The highest BCUT2D eigenvalue weighted by Gasteiger charge is 2.30. The van der Waals surface area contributed by atoms with Gasteiger partial charge >= 0.3 is 6.09 Å². The third-order valence-electron chi connectivity index (χ3n) is 2.82. The van der Waals surface area contributed by atoms with Crippen LogP contribution in [0.5, 0.6) is 0 Å². The molecule has 1 aliphatic rings. The predicted molar refractivity (Wildman–Crippen MR) is 68.7 cm³/mol. The largest absolute Gasteiger partial charge is 0.449 e. The maximum atomic E-state index is 12.0. The van der Waals surface area contributed by atoms with Crippen molar-refractivity contribution in [3.63, 3.8) is 0 Å². The molecule has 18 heavy (non-hydrogen) atoms. The Morgan fingerprint density at radius 2 is 2.22 bits per heavy atom. The van der Waals surface area contributed by atoms with Gasteiger partial charge in [0.05, 0.1) is 18.0 Å². The monoisotopic (exact) mass is 248 g/mol. The third kappa shape index (κ3) is 2.30. The van der Waals surface area contributed by atoms with Gasteiger partial charge in [-0.05, 0) is 26.0 Å². The van der Waals surface area contributed by atoms with Crippen LogP contribution in [0.1, 0.15) is 20.3 Å². The average Bonchev–Trinajstić information content (AvgIpc) is 2.43. The Balaban J connectivity index is 2.43. The topological polar surface area (TPSA) is 58.6 Å². The minimum Gasteiger partial charge on any atom is -0.449 e. The summed E-state index contributed by atoms with van der Waals surface area (Å²) in [4.78, 5) is 25.2. The Morgan fingerprint density at radius 3 is 2.94 bits per heavy atom. The van der Waals surface area contributed by atoms with Crippen molar-refractivity contribution in [3.8, 4) is 0 Å². The summed E-state index contributed by atoms with van der Waals surface area (Å²) in [5, 5.41) is 2.79. The van der Waals surface area contributed by atoms with Crippen LogP contribution in [0.3, 0.4) is 0 Å². The predicted octanol–water partition coefficient (Wildman–Crippen LogP) is 2.38. The van der Waals surface area contributed by atoms with E-state index in [-0.39, 0.29) is 18.4 Å². The number of rotatable bonds is 1. The van der Waals surface area contributed by atoms with Crippen LogP contribution in [-0.2, 0) is 9.53 Å². The van der Waals surface area contributed by atoms with Crippen molar-refractivity contribution in [1.82, 2.24) is 0 Å². The molecule has 0 fully saturated rings. The highest BCUT2D eigenvalue weighted by Crippen LogP contribution is 2.31. The fourth-order valence-electron chi connectivity index (χ4n) is 2.06. The molecule has 2 amide bonds. The zero-order chi connectivity index (χ0) is 13.1. The zero-order valence-electron chi connectivity index (χ0n) is 10.5. The molecular formula is C13H16N2O3. The number of amides is 2. The maximum absolute atomic E-state index is 12.0. The van der Waals surface area contributed by atoms with E-state index >= 15 is 0 Å². The van der Waals surface area contributed by atoms with E-state index in [4.69, 9.17) is 4.74 Å². The van der Waals surface area contributed by atoms with Gasteiger partial charge in [0.15, 0.2) is 0 Å². The van der Waals surface area contributed by atoms with Crippen LogP contribution in [0.25, 0.3) is 0 Å². The van der Waals surface area contributed by atoms with Gasteiger partial charge in [0.2, 0.25) is 5.91 Å². The summed E-state index contributed by atoms with van der Waals surface area (Å²) in [5.41, 5.74) is 1.31. The van der Waals surface area contributed by atoms with Crippen molar-refractivity contribution >= 4 is 23.4 Å². The quantitative estimate of drug-likeness (QED) is 0.830. The van der Waals surface area contributed by atoms with Crippen LogP contribution in [0, 0.1) is 0 Å². The molecule has 1 N–H and O–H groups in total. The van der Waals surface area contributed by atoms with Gasteiger partial charge in [0.25, 0.3) is 0 Å². The molecule has 0 saturated carbocycles. The lowest BCUT2D eigenvalue weighted by Gasteiger charge is -2.26. The standard InChI is InChI=1S/C13H16N2O3/c1-3-18-13(17)15-9(2)8-12(16)14-10-6-4-5-7-11(10)15/h4-7,9H,3,8H2,1-2H3,(H,14,16)/t9-/m0/s1. The van der Waals surface area contributed by atoms with Gasteiger partial charge in [-0.3, -0.25) is 9.69 Å². The van der Waals surface area contributed by atoms with Crippen molar-refractivity contribution in [3.05, 3.63) is 24.3 Å². The molecule has 1 aromatic carbocycles. The summed E-state index contributed by atoms with van der Waals surface area (Å²) < 4.78 is 5.05. The lowest BCUT2D eigenvalue weighted by Crippen LogP contribution is -2.39. The average molecular weight is 248 g/mol. The molecule has 0 spiro atoms. The fraction of sp³-hybridized carbons (Fsp3) is 0.385. The third-order valence-corrected chi connectivity index (χ3v) is 2.82. The summed E-state index contributed by atoms with van der Waals surface area (Å²) in [5.74, 6) is -0.0956. The minimum atomic E-state index is -0.422. The highest BCUT2D eigenvalue weighted by molar-refractivity contribution is 6.02. The van der Waals surface area contributed by atoms with E-state index in [9.17, 15) is 9.59 Å². The Hall–Kier alpha value is -2.04. The Morgan fingerprint density at radius 1 is 1.50 bits per heavy atom. The molecule has 0 saturated heterocycles. The number of nitrogens with zero attached hydrogens (tertiary/aromatic N) is 1. The first-order valence-corrected chi connectivity index (χ1v) is 5.98. The number of ether oxygens (including phenoxy) is 1. The SMILES string of the molecule is CCOC(=O)N1c2ccccc2NC(=O)C[C@@H]1C. The minimum absolute atomic E-state index is 0.0956. The fourth-order valence-corrected chi connectivity index (χ4v) is 2.06. The second kappa shape index (κ2) is 5.08. The molecule has 1 heterocycles. The molecule has 5 nitrogen and oxygen atoms in total. The Labute approximate surface area is 106 Å². The summed E-state index contributed by atoms with van der Waals surface area (Å²) in [6.07, 6.45) is -0.165. The van der Waals surface area contributed by atoms with Crippen molar-refractivity contribution in [2.75, 3.05) is 16.8 Å². The van der Waals surface area contributed by atoms with Gasteiger partial charge in [0.1, 0.15) is 0 Å². The smallest absolute Gasteiger partial charge is 0.414 e. The van der Waals surface area contributed by atoms with Crippen LogP contribution in [0.15, 0.2) is 24.3 Å². The maximum Gasteiger partial charge on any atom is 0.414 e. The number of para-hydroxylation sites is 2. The normalized spacial score (nSPS) is 18.7. The van der Waals surface area contributed by atoms with Gasteiger partial charge in [-0.1, -0.05) is 12.1 Å². The summed E-state index contributed by atoms with van der Waals surface area (Å²) in [6, 6.07) is 6.99. The van der Waals surface area contributed by atoms with Crippen molar-refractivity contribution in [2.24, 2.45) is 0 Å². The van der Waals surface area contributed by atoms with E-state index in [2.05, 4.69) is 5.32 Å². The molecule has 0 aromatic heterocycles. The molecule has 0 aliphatic carbocycles. The van der Waals surface area contributed by atoms with E-state index in [0.29, 0.717) is 18.0 Å². The number of carbonyl (C=O) groups excluding carboxylic acids is 2. The Bertz CT molecular complexity index is 473. The van der Waals surface area contributed by atoms with Crippen LogP contribution in [0.2, 0.25) is 0 Å². The van der Waals surface area contributed by atoms with Gasteiger partial charge in [-0.15, -0.1) is 0 Å². The Kier molecular flexibility index (Phi) is 3.50. The van der Waals surface area contributed by atoms with Gasteiger partial charge in [0, 0.05) is 12.5 Å².